The lowest BCUT2D eigenvalue weighted by Gasteiger charge is -2.11. The number of esters is 1. The van der Waals surface area contributed by atoms with Crippen LogP contribution in [0.25, 0.3) is 10.8 Å². The summed E-state index contributed by atoms with van der Waals surface area (Å²) in [6, 6.07) is 17.6. The first kappa shape index (κ1) is 19.0. The van der Waals surface area contributed by atoms with Gasteiger partial charge in [-0.1, -0.05) is 59.6 Å². The van der Waals surface area contributed by atoms with E-state index in [1.54, 1.807) is 36.4 Å². The van der Waals surface area contributed by atoms with Gasteiger partial charge in [0.1, 0.15) is 5.75 Å². The van der Waals surface area contributed by atoms with E-state index in [9.17, 15) is 9.59 Å². The van der Waals surface area contributed by atoms with E-state index in [2.05, 4.69) is 5.32 Å². The van der Waals surface area contributed by atoms with Crippen LogP contribution in [0.3, 0.4) is 0 Å². The van der Waals surface area contributed by atoms with Crippen LogP contribution in [0.1, 0.15) is 0 Å². The Bertz CT molecular complexity index is 991. The standard InChI is InChI=1S/C20H15Cl2NO4/c21-15-9-10-18(14-6-2-1-5-13(14)15)26-12-20(25)27-11-19(24)23-17-8-4-3-7-16(17)22/h1-10H,11-12H2,(H,23,24). The van der Waals surface area contributed by atoms with E-state index in [0.717, 1.165) is 10.8 Å². The molecule has 0 heterocycles. The van der Waals surface area contributed by atoms with Crippen LogP contribution in [0.15, 0.2) is 60.7 Å². The highest BCUT2D eigenvalue weighted by atomic mass is 35.5. The van der Waals surface area contributed by atoms with Crippen LogP contribution in [0.4, 0.5) is 5.69 Å². The molecule has 3 aromatic rings. The maximum Gasteiger partial charge on any atom is 0.344 e. The third-order valence-corrected chi connectivity index (χ3v) is 4.35. The number of halogens is 2. The van der Waals surface area contributed by atoms with Gasteiger partial charge in [0.05, 0.1) is 10.7 Å². The van der Waals surface area contributed by atoms with E-state index in [1.165, 1.54) is 0 Å². The Balaban J connectivity index is 1.53. The fourth-order valence-corrected chi connectivity index (χ4v) is 2.84. The molecule has 0 bridgehead atoms. The lowest BCUT2D eigenvalue weighted by atomic mass is 10.1. The second kappa shape index (κ2) is 8.75. The maximum absolute atomic E-state index is 11.9. The molecule has 7 heteroatoms. The zero-order chi connectivity index (χ0) is 19.2. The second-order valence-electron chi connectivity index (χ2n) is 5.57. The Kier molecular flexibility index (Phi) is 6.16. The lowest BCUT2D eigenvalue weighted by Crippen LogP contribution is -2.23. The number of ether oxygens (including phenoxy) is 2. The third kappa shape index (κ3) is 4.90. The molecule has 0 aliphatic rings. The first-order valence-corrected chi connectivity index (χ1v) is 8.80. The van der Waals surface area contributed by atoms with Gasteiger partial charge in [-0.25, -0.2) is 4.79 Å². The molecule has 138 valence electrons. The molecule has 0 saturated heterocycles. The van der Waals surface area contributed by atoms with Gasteiger partial charge in [0.25, 0.3) is 5.91 Å². The van der Waals surface area contributed by atoms with Crippen LogP contribution in [0, 0.1) is 0 Å². The number of fused-ring (bicyclic) bond motifs is 1. The van der Waals surface area contributed by atoms with Crippen molar-refractivity contribution in [3.8, 4) is 5.75 Å². The van der Waals surface area contributed by atoms with Crippen LogP contribution >= 0.6 is 23.2 Å². The molecule has 0 aromatic heterocycles. The number of hydrogen-bond acceptors (Lipinski definition) is 4. The number of para-hydroxylation sites is 1. The van der Waals surface area contributed by atoms with Crippen molar-refractivity contribution in [3.05, 3.63) is 70.7 Å². The third-order valence-electron chi connectivity index (χ3n) is 3.69. The molecule has 3 rings (SSSR count). The number of hydrogen-bond donors (Lipinski definition) is 1. The fraction of sp³-hybridized carbons (Fsp3) is 0.100. The van der Waals surface area contributed by atoms with Crippen LogP contribution in [-0.2, 0) is 14.3 Å². The van der Waals surface area contributed by atoms with Gasteiger partial charge in [0, 0.05) is 15.8 Å². The van der Waals surface area contributed by atoms with Gasteiger partial charge in [-0.2, -0.15) is 0 Å². The smallest absolute Gasteiger partial charge is 0.344 e. The number of carbonyl (C=O) groups excluding carboxylic acids is 2. The van der Waals surface area contributed by atoms with Crippen molar-refractivity contribution in [1.82, 2.24) is 0 Å². The predicted molar refractivity (Wildman–Crippen MR) is 105 cm³/mol. The summed E-state index contributed by atoms with van der Waals surface area (Å²) in [5.74, 6) is -0.649. The van der Waals surface area contributed by atoms with Crippen LogP contribution in [0.2, 0.25) is 10.0 Å². The number of carbonyl (C=O) groups is 2. The monoisotopic (exact) mass is 403 g/mol. The molecule has 0 atom stereocenters. The Morgan fingerprint density at radius 1 is 0.815 bits per heavy atom. The van der Waals surface area contributed by atoms with Gasteiger partial charge in [0.2, 0.25) is 0 Å². The minimum absolute atomic E-state index is 0.328. The van der Waals surface area contributed by atoms with Crippen molar-refractivity contribution < 1.29 is 19.1 Å². The minimum atomic E-state index is -0.664. The molecule has 27 heavy (non-hydrogen) atoms. The molecule has 0 aliphatic carbocycles. The van der Waals surface area contributed by atoms with E-state index in [-0.39, 0.29) is 6.61 Å². The summed E-state index contributed by atoms with van der Waals surface area (Å²) in [4.78, 5) is 23.7. The number of nitrogens with one attached hydrogen (secondary N) is 1. The second-order valence-corrected chi connectivity index (χ2v) is 6.38. The number of amides is 1. The average Bonchev–Trinajstić information content (AvgIpc) is 2.68. The molecule has 0 spiro atoms. The molecule has 1 N–H and O–H groups in total. The summed E-state index contributed by atoms with van der Waals surface area (Å²) in [6.07, 6.45) is 0. The Morgan fingerprint density at radius 2 is 1.52 bits per heavy atom. The van der Waals surface area contributed by atoms with Gasteiger partial charge in [0.15, 0.2) is 13.2 Å². The average molecular weight is 404 g/mol. The highest BCUT2D eigenvalue weighted by Gasteiger charge is 2.11. The van der Waals surface area contributed by atoms with Crippen LogP contribution in [0.5, 0.6) is 5.75 Å². The van der Waals surface area contributed by atoms with Gasteiger partial charge in [-0.05, 0) is 24.3 Å². The van der Waals surface area contributed by atoms with Crippen molar-refractivity contribution in [2.45, 2.75) is 0 Å². The van der Waals surface area contributed by atoms with Crippen molar-refractivity contribution in [3.63, 3.8) is 0 Å². The molecule has 3 aromatic carbocycles. The summed E-state index contributed by atoms with van der Waals surface area (Å²) < 4.78 is 10.4. The van der Waals surface area contributed by atoms with Crippen molar-refractivity contribution in [2.75, 3.05) is 18.5 Å². The zero-order valence-electron chi connectivity index (χ0n) is 14.1. The fourth-order valence-electron chi connectivity index (χ4n) is 2.43. The van der Waals surface area contributed by atoms with Gasteiger partial charge in [-0.15, -0.1) is 0 Å². The van der Waals surface area contributed by atoms with Gasteiger partial charge < -0.3 is 14.8 Å². The normalized spacial score (nSPS) is 10.4. The summed E-state index contributed by atoms with van der Waals surface area (Å²) in [5.41, 5.74) is 0.448. The predicted octanol–water partition coefficient (Wildman–Crippen LogP) is 4.71. The van der Waals surface area contributed by atoms with E-state index < -0.39 is 18.5 Å². The number of anilines is 1. The molecule has 0 radical (unpaired) electrons. The largest absolute Gasteiger partial charge is 0.481 e. The minimum Gasteiger partial charge on any atom is -0.481 e. The van der Waals surface area contributed by atoms with Crippen molar-refractivity contribution in [1.29, 1.82) is 0 Å². The molecule has 0 unspecified atom stereocenters. The van der Waals surface area contributed by atoms with E-state index in [0.29, 0.717) is 21.5 Å². The molecule has 5 nitrogen and oxygen atoms in total. The van der Waals surface area contributed by atoms with Crippen LogP contribution < -0.4 is 10.1 Å². The van der Waals surface area contributed by atoms with Crippen molar-refractivity contribution in [2.24, 2.45) is 0 Å². The molecular formula is C20H15Cl2NO4. The molecular weight excluding hydrogens is 389 g/mol. The molecule has 1 amide bonds. The van der Waals surface area contributed by atoms with E-state index >= 15 is 0 Å². The highest BCUT2D eigenvalue weighted by molar-refractivity contribution is 6.35. The van der Waals surface area contributed by atoms with Gasteiger partial charge in [-0.3, -0.25) is 4.79 Å². The first-order chi connectivity index (χ1) is 13.0. The quantitative estimate of drug-likeness (QED) is 0.605. The summed E-state index contributed by atoms with van der Waals surface area (Å²) in [7, 11) is 0. The summed E-state index contributed by atoms with van der Waals surface area (Å²) >= 11 is 12.1. The number of rotatable bonds is 6. The first-order valence-electron chi connectivity index (χ1n) is 8.04. The Hall–Kier alpha value is -2.76. The number of benzene rings is 3. The molecule has 0 saturated carbocycles. The maximum atomic E-state index is 11.9. The summed E-state index contributed by atoms with van der Waals surface area (Å²) in [5, 5.41) is 5.17. The van der Waals surface area contributed by atoms with Gasteiger partial charge >= 0.3 is 5.97 Å². The van der Waals surface area contributed by atoms with Crippen LogP contribution in [-0.4, -0.2) is 25.1 Å². The molecule has 0 fully saturated rings. The zero-order valence-corrected chi connectivity index (χ0v) is 15.6. The SMILES string of the molecule is O=C(COC(=O)COc1ccc(Cl)c2ccccc12)Nc1ccccc1Cl. The van der Waals surface area contributed by atoms with E-state index in [4.69, 9.17) is 32.7 Å². The molecule has 0 aliphatic heterocycles. The van der Waals surface area contributed by atoms with E-state index in [1.807, 2.05) is 24.3 Å². The Labute approximate surface area is 165 Å². The summed E-state index contributed by atoms with van der Waals surface area (Å²) in [6.45, 7) is -0.764. The highest BCUT2D eigenvalue weighted by Crippen LogP contribution is 2.31. The Morgan fingerprint density at radius 3 is 2.30 bits per heavy atom. The lowest BCUT2D eigenvalue weighted by molar-refractivity contribution is -0.149. The van der Waals surface area contributed by atoms with Crippen molar-refractivity contribution >= 4 is 51.5 Å². The topological polar surface area (TPSA) is 64.6 Å².